The van der Waals surface area contributed by atoms with E-state index in [9.17, 15) is 5.11 Å². The van der Waals surface area contributed by atoms with Gasteiger partial charge >= 0.3 is 0 Å². The Kier molecular flexibility index (Phi) is 6.80. The third kappa shape index (κ3) is 4.28. The summed E-state index contributed by atoms with van der Waals surface area (Å²) < 4.78 is 19.5. The number of hydrogen-bond donors (Lipinski definition) is 1. The SMILES string of the molecule is CCCCCCCCCc1c2[n+](cc3c(O)c(OC)ccc13)CCc1cc3c(cc1-2)OCCO3. The van der Waals surface area contributed by atoms with Crippen LogP contribution in [0.1, 0.15) is 63.0 Å². The minimum atomic E-state index is 0.226. The number of methoxy groups -OCH3 is 1. The van der Waals surface area contributed by atoms with Crippen LogP contribution in [-0.4, -0.2) is 25.4 Å². The number of fused-ring (bicyclic) bond motifs is 5. The lowest BCUT2D eigenvalue weighted by Crippen LogP contribution is -2.41. The van der Waals surface area contributed by atoms with Crippen LogP contribution in [0.3, 0.4) is 0 Å². The van der Waals surface area contributed by atoms with Crippen molar-refractivity contribution in [1.29, 1.82) is 0 Å². The number of rotatable bonds is 9. The van der Waals surface area contributed by atoms with Gasteiger partial charge in [-0.05, 0) is 42.7 Å². The largest absolute Gasteiger partial charge is 0.504 e. The minimum Gasteiger partial charge on any atom is -0.504 e. The molecule has 0 amide bonds. The van der Waals surface area contributed by atoms with Crippen molar-refractivity contribution in [2.24, 2.45) is 0 Å². The van der Waals surface area contributed by atoms with Gasteiger partial charge in [-0.15, -0.1) is 0 Å². The highest BCUT2D eigenvalue weighted by Gasteiger charge is 2.31. The average molecular weight is 463 g/mol. The van der Waals surface area contributed by atoms with Crippen LogP contribution in [0.5, 0.6) is 23.0 Å². The first-order chi connectivity index (χ1) is 16.7. The van der Waals surface area contributed by atoms with Crippen LogP contribution in [0.4, 0.5) is 0 Å². The number of hydrogen-bond acceptors (Lipinski definition) is 4. The van der Waals surface area contributed by atoms with E-state index >= 15 is 0 Å². The maximum atomic E-state index is 10.9. The second kappa shape index (κ2) is 10.1. The summed E-state index contributed by atoms with van der Waals surface area (Å²) in [6.45, 7) is 4.32. The lowest BCUT2D eigenvalue weighted by atomic mass is 9.89. The van der Waals surface area contributed by atoms with Crippen LogP contribution < -0.4 is 18.8 Å². The quantitative estimate of drug-likeness (QED) is 0.307. The first-order valence-electron chi connectivity index (χ1n) is 12.9. The topological polar surface area (TPSA) is 51.8 Å². The van der Waals surface area contributed by atoms with Gasteiger partial charge in [0.25, 0.3) is 0 Å². The van der Waals surface area contributed by atoms with Gasteiger partial charge in [-0.2, -0.15) is 4.57 Å². The molecule has 1 aromatic heterocycles. The lowest BCUT2D eigenvalue weighted by molar-refractivity contribution is -0.686. The smallest absolute Gasteiger partial charge is 0.216 e. The molecule has 0 saturated heterocycles. The molecule has 5 rings (SSSR count). The van der Waals surface area contributed by atoms with Crippen LogP contribution in [0.2, 0.25) is 0 Å². The highest BCUT2D eigenvalue weighted by Crippen LogP contribution is 2.43. The van der Waals surface area contributed by atoms with Crippen LogP contribution in [0.15, 0.2) is 30.5 Å². The lowest BCUT2D eigenvalue weighted by Gasteiger charge is -2.24. The summed E-state index contributed by atoms with van der Waals surface area (Å²) in [7, 11) is 1.60. The van der Waals surface area contributed by atoms with Crippen LogP contribution in [0, 0.1) is 0 Å². The van der Waals surface area contributed by atoms with Gasteiger partial charge in [-0.25, -0.2) is 0 Å². The van der Waals surface area contributed by atoms with E-state index in [4.69, 9.17) is 14.2 Å². The first-order valence-corrected chi connectivity index (χ1v) is 12.9. The summed E-state index contributed by atoms with van der Waals surface area (Å²) in [6, 6.07) is 8.33. The zero-order valence-corrected chi connectivity index (χ0v) is 20.5. The molecule has 2 aromatic carbocycles. The van der Waals surface area contributed by atoms with E-state index in [0.717, 1.165) is 48.1 Å². The molecule has 0 saturated carbocycles. The molecule has 1 N–H and O–H groups in total. The van der Waals surface area contributed by atoms with E-state index in [1.54, 1.807) is 7.11 Å². The van der Waals surface area contributed by atoms with E-state index < -0.39 is 0 Å². The van der Waals surface area contributed by atoms with Crippen molar-refractivity contribution in [2.75, 3.05) is 20.3 Å². The molecule has 5 nitrogen and oxygen atoms in total. The third-order valence-corrected chi connectivity index (χ3v) is 7.26. The summed E-state index contributed by atoms with van der Waals surface area (Å²) in [6.07, 6.45) is 12.9. The Hall–Kier alpha value is -2.95. The van der Waals surface area contributed by atoms with Gasteiger partial charge in [0.05, 0.1) is 18.1 Å². The summed E-state index contributed by atoms with van der Waals surface area (Å²) in [5.74, 6) is 2.43. The van der Waals surface area contributed by atoms with E-state index in [2.05, 4.69) is 35.9 Å². The van der Waals surface area contributed by atoms with Crippen LogP contribution in [0.25, 0.3) is 22.0 Å². The van der Waals surface area contributed by atoms with E-state index in [0.29, 0.717) is 19.0 Å². The number of benzene rings is 2. The predicted octanol–water partition coefficient (Wildman–Crippen LogP) is 6.13. The Balaban J connectivity index is 1.56. The van der Waals surface area contributed by atoms with Gasteiger partial charge in [-0.3, -0.25) is 0 Å². The van der Waals surface area contributed by atoms with Gasteiger partial charge in [0.1, 0.15) is 13.2 Å². The molecule has 0 aliphatic carbocycles. The number of aromatic hydroxyl groups is 1. The Bertz CT molecular complexity index is 1190. The predicted molar refractivity (Wildman–Crippen MR) is 134 cm³/mol. The van der Waals surface area contributed by atoms with Crippen LogP contribution >= 0.6 is 0 Å². The standard InChI is InChI=1S/C29H35NO4/c1-3-4-5-6-7-8-9-10-22-21-11-12-25(32-2)29(31)24(21)19-30-14-13-20-17-26-27(34-16-15-33-26)18-23(20)28(22)30/h11-12,17-19H,3-10,13-16H2,1-2H3/p+1. The van der Waals surface area contributed by atoms with Crippen molar-refractivity contribution in [2.45, 2.75) is 71.3 Å². The Morgan fingerprint density at radius 3 is 2.44 bits per heavy atom. The molecule has 0 radical (unpaired) electrons. The average Bonchev–Trinajstić information content (AvgIpc) is 2.87. The molecule has 0 unspecified atom stereocenters. The van der Waals surface area contributed by atoms with Gasteiger partial charge in [-0.1, -0.05) is 45.4 Å². The van der Waals surface area contributed by atoms with E-state index in [-0.39, 0.29) is 5.75 Å². The van der Waals surface area contributed by atoms with Gasteiger partial charge < -0.3 is 19.3 Å². The fourth-order valence-corrected chi connectivity index (χ4v) is 5.47. The summed E-state index contributed by atoms with van der Waals surface area (Å²) >= 11 is 0. The molecule has 0 fully saturated rings. The van der Waals surface area contributed by atoms with Gasteiger partial charge in [0, 0.05) is 17.4 Å². The second-order valence-electron chi connectivity index (χ2n) is 9.50. The molecule has 34 heavy (non-hydrogen) atoms. The van der Waals surface area contributed by atoms with E-state index in [1.807, 2.05) is 6.07 Å². The van der Waals surface area contributed by atoms with Crippen molar-refractivity contribution in [1.82, 2.24) is 0 Å². The number of ether oxygens (including phenoxy) is 3. The fourth-order valence-electron chi connectivity index (χ4n) is 5.47. The van der Waals surface area contributed by atoms with Gasteiger partial charge in [0.15, 0.2) is 35.7 Å². The maximum absolute atomic E-state index is 10.9. The molecular formula is C29H36NO4+. The molecule has 3 aromatic rings. The molecule has 3 heterocycles. The van der Waals surface area contributed by atoms with Crippen molar-refractivity contribution in [3.05, 3.63) is 41.6 Å². The van der Waals surface area contributed by atoms with Crippen molar-refractivity contribution < 1.29 is 23.9 Å². The third-order valence-electron chi connectivity index (χ3n) is 7.26. The Morgan fingerprint density at radius 2 is 1.68 bits per heavy atom. The molecule has 0 bridgehead atoms. The van der Waals surface area contributed by atoms with Crippen molar-refractivity contribution >= 4 is 10.8 Å². The zero-order valence-electron chi connectivity index (χ0n) is 20.5. The summed E-state index contributed by atoms with van der Waals surface area (Å²) in [5, 5.41) is 12.9. The number of aromatic nitrogens is 1. The number of nitrogens with zero attached hydrogens (tertiary/aromatic N) is 1. The van der Waals surface area contributed by atoms with Crippen molar-refractivity contribution in [3.8, 4) is 34.3 Å². The van der Waals surface area contributed by atoms with Gasteiger partial charge in [0.2, 0.25) is 5.69 Å². The number of phenolic OH excluding ortho intramolecular Hbond substituents is 1. The molecule has 0 spiro atoms. The van der Waals surface area contributed by atoms with E-state index in [1.165, 1.54) is 60.9 Å². The maximum Gasteiger partial charge on any atom is 0.216 e. The minimum absolute atomic E-state index is 0.226. The highest BCUT2D eigenvalue weighted by atomic mass is 16.6. The number of unbranched alkanes of at least 4 members (excludes halogenated alkanes) is 6. The summed E-state index contributed by atoms with van der Waals surface area (Å²) in [5.41, 5.74) is 5.09. The Labute approximate surface area is 202 Å². The molecule has 2 aliphatic heterocycles. The Morgan fingerprint density at radius 1 is 0.941 bits per heavy atom. The first kappa shape index (κ1) is 22.8. The summed E-state index contributed by atoms with van der Waals surface area (Å²) in [4.78, 5) is 0. The molecule has 2 aliphatic rings. The molecular weight excluding hydrogens is 426 g/mol. The number of pyridine rings is 1. The van der Waals surface area contributed by atoms with Crippen molar-refractivity contribution in [3.63, 3.8) is 0 Å². The normalized spacial score (nSPS) is 14.1. The fraction of sp³-hybridized carbons (Fsp3) is 0.483. The molecule has 5 heteroatoms. The number of phenols is 1. The highest BCUT2D eigenvalue weighted by molar-refractivity contribution is 5.94. The van der Waals surface area contributed by atoms with Crippen LogP contribution in [-0.2, 0) is 19.4 Å². The second-order valence-corrected chi connectivity index (χ2v) is 9.50. The monoisotopic (exact) mass is 462 g/mol. The number of aryl methyl sites for hydroxylation is 3. The molecule has 180 valence electrons. The molecule has 0 atom stereocenters. The zero-order chi connectivity index (χ0) is 23.5.